The molecule has 0 unspecified atom stereocenters. The molecule has 2 rings (SSSR count). The Labute approximate surface area is 205 Å². The molecule has 2 N–H and O–H groups in total. The van der Waals surface area contributed by atoms with Gasteiger partial charge in [-0.15, -0.1) is 0 Å². The molecule has 0 spiro atoms. The largest absolute Gasteiger partial charge is 0.510 e. The summed E-state index contributed by atoms with van der Waals surface area (Å²) in [6.45, 7) is 5.44. The van der Waals surface area contributed by atoms with Gasteiger partial charge in [-0.2, -0.15) is 5.26 Å². The molecule has 2 aromatic rings. The maximum atomic E-state index is 15.1. The van der Waals surface area contributed by atoms with E-state index in [1.54, 1.807) is 26.8 Å². The molecule has 1 heterocycles. The Balaban J connectivity index is 2.26. The van der Waals surface area contributed by atoms with Gasteiger partial charge in [0.05, 0.1) is 18.8 Å². The first-order chi connectivity index (χ1) is 16.7. The highest BCUT2D eigenvalue weighted by atomic mass is 31.2. The van der Waals surface area contributed by atoms with E-state index in [1.807, 2.05) is 0 Å². The average Bonchev–Trinajstić information content (AvgIpc) is 3.19. The lowest BCUT2D eigenvalue weighted by Gasteiger charge is -2.29. The van der Waals surface area contributed by atoms with Crippen LogP contribution in [0.5, 0.6) is 0 Å². The Hall–Kier alpha value is -3.11. The smallest absolute Gasteiger partial charge is 0.434 e. The van der Waals surface area contributed by atoms with Crippen LogP contribution in [0.2, 0.25) is 0 Å². The van der Waals surface area contributed by atoms with Gasteiger partial charge in [-0.05, 0) is 39.7 Å². The average molecular weight is 532 g/mol. The molecular formula is C21H27F2N4O8P. The normalized spacial score (nSPS) is 11.9. The van der Waals surface area contributed by atoms with Gasteiger partial charge >= 0.3 is 14.0 Å². The number of rotatable bonds is 10. The van der Waals surface area contributed by atoms with Gasteiger partial charge in [0.25, 0.3) is 0 Å². The monoisotopic (exact) mass is 532 g/mol. The van der Waals surface area contributed by atoms with Gasteiger partial charge in [-0.1, -0.05) is 6.92 Å². The number of ether oxygens (including phenoxy) is 2. The third kappa shape index (κ3) is 7.20. The van der Waals surface area contributed by atoms with Crippen LogP contribution < -0.4 is 4.90 Å². The minimum atomic E-state index is -4.58. The van der Waals surface area contributed by atoms with Crippen LogP contribution in [0.25, 0.3) is 11.0 Å². The molecule has 1 aromatic heterocycles. The third-order valence-electron chi connectivity index (χ3n) is 4.77. The molecular weight excluding hydrogens is 505 g/mol. The van der Waals surface area contributed by atoms with Gasteiger partial charge in [0.15, 0.2) is 18.4 Å². The Morgan fingerprint density at radius 2 is 1.86 bits per heavy atom. The summed E-state index contributed by atoms with van der Waals surface area (Å²) in [5.41, 5.74) is -2.18. The highest BCUT2D eigenvalue weighted by molar-refractivity contribution is 7.46. The van der Waals surface area contributed by atoms with Crippen LogP contribution in [0.1, 0.15) is 52.5 Å². The summed E-state index contributed by atoms with van der Waals surface area (Å²) in [6.07, 6.45) is -0.801. The van der Waals surface area contributed by atoms with Crippen molar-refractivity contribution in [3.05, 3.63) is 23.3 Å². The van der Waals surface area contributed by atoms with E-state index in [4.69, 9.17) is 19.3 Å². The van der Waals surface area contributed by atoms with Crippen LogP contribution in [0.15, 0.2) is 6.07 Å². The highest BCUT2D eigenvalue weighted by Gasteiger charge is 2.32. The number of hydrogen-bond acceptors (Lipinski definition) is 8. The Bertz CT molecular complexity index is 1220. The summed E-state index contributed by atoms with van der Waals surface area (Å²) in [4.78, 5) is 47.0. The molecule has 12 nitrogen and oxygen atoms in total. The van der Waals surface area contributed by atoms with Crippen LogP contribution in [0.3, 0.4) is 0 Å². The number of phosphoric ester groups is 1. The fraction of sp³-hybridized carbons (Fsp3) is 0.524. The minimum Gasteiger partial charge on any atom is -0.434 e. The molecule has 0 atom stereocenters. The highest BCUT2D eigenvalue weighted by Crippen LogP contribution is 2.36. The van der Waals surface area contributed by atoms with Crippen molar-refractivity contribution in [2.45, 2.75) is 52.5 Å². The van der Waals surface area contributed by atoms with E-state index < -0.39 is 54.9 Å². The first kappa shape index (κ1) is 29.1. The number of benzene rings is 1. The topological polar surface area (TPSA) is 164 Å². The number of amides is 1. The summed E-state index contributed by atoms with van der Waals surface area (Å²) in [5.74, 6) is -2.73. The summed E-state index contributed by atoms with van der Waals surface area (Å²) < 4.78 is 55.8. The van der Waals surface area contributed by atoms with Crippen LogP contribution in [0.4, 0.5) is 19.5 Å². The lowest BCUT2D eigenvalue weighted by Crippen LogP contribution is -2.38. The van der Waals surface area contributed by atoms with Crippen LogP contribution in [-0.4, -0.2) is 51.3 Å². The van der Waals surface area contributed by atoms with E-state index in [-0.39, 0.29) is 43.9 Å². The van der Waals surface area contributed by atoms with Gasteiger partial charge in [0.1, 0.15) is 17.1 Å². The SMILES string of the molecule is CCC(=O)N(COC(=O)OCCCCOP(=O)(O)O)c1nc2c(F)cc(C#N)c(F)c2n1C(C)(C)C. The number of imidazole rings is 1. The molecule has 0 saturated heterocycles. The number of carbonyl (C=O) groups is 2. The van der Waals surface area contributed by atoms with Crippen LogP contribution in [-0.2, 0) is 28.9 Å². The molecule has 198 valence electrons. The van der Waals surface area contributed by atoms with Crippen molar-refractivity contribution in [2.75, 3.05) is 24.8 Å². The van der Waals surface area contributed by atoms with Crippen LogP contribution in [0, 0.1) is 23.0 Å². The Morgan fingerprint density at radius 3 is 2.42 bits per heavy atom. The predicted molar refractivity (Wildman–Crippen MR) is 122 cm³/mol. The van der Waals surface area contributed by atoms with Crippen molar-refractivity contribution in [1.82, 2.24) is 9.55 Å². The van der Waals surface area contributed by atoms with Crippen LogP contribution >= 0.6 is 7.82 Å². The molecule has 1 amide bonds. The maximum absolute atomic E-state index is 15.1. The molecule has 0 aliphatic rings. The molecule has 0 fully saturated rings. The van der Waals surface area contributed by atoms with Crippen molar-refractivity contribution in [1.29, 1.82) is 5.26 Å². The number of hydrogen-bond donors (Lipinski definition) is 2. The maximum Gasteiger partial charge on any atom is 0.510 e. The zero-order chi connectivity index (χ0) is 27.3. The number of halogens is 2. The molecule has 36 heavy (non-hydrogen) atoms. The lowest BCUT2D eigenvalue weighted by molar-refractivity contribution is -0.119. The Morgan fingerprint density at radius 1 is 1.22 bits per heavy atom. The number of anilines is 1. The molecule has 0 saturated carbocycles. The van der Waals surface area contributed by atoms with Crippen molar-refractivity contribution in [3.8, 4) is 6.07 Å². The zero-order valence-corrected chi connectivity index (χ0v) is 21.1. The number of nitriles is 1. The fourth-order valence-electron chi connectivity index (χ4n) is 3.20. The molecule has 15 heteroatoms. The number of unbranched alkanes of at least 4 members (excludes halogenated alkanes) is 1. The number of nitrogens with zero attached hydrogens (tertiary/aromatic N) is 4. The molecule has 1 aromatic carbocycles. The third-order valence-corrected chi connectivity index (χ3v) is 5.29. The van der Waals surface area contributed by atoms with E-state index in [1.165, 1.54) is 11.5 Å². The summed E-state index contributed by atoms with van der Waals surface area (Å²) in [6, 6.07) is 2.30. The van der Waals surface area contributed by atoms with Gasteiger partial charge in [-0.3, -0.25) is 9.32 Å². The van der Waals surface area contributed by atoms with E-state index in [9.17, 15) is 23.8 Å². The van der Waals surface area contributed by atoms with E-state index in [2.05, 4.69) is 9.51 Å². The van der Waals surface area contributed by atoms with E-state index in [0.717, 1.165) is 4.90 Å². The number of carbonyl (C=O) groups excluding carboxylic acids is 2. The molecule has 0 bridgehead atoms. The quantitative estimate of drug-likeness (QED) is 0.200. The molecule has 0 aliphatic heterocycles. The minimum absolute atomic E-state index is 0.0558. The summed E-state index contributed by atoms with van der Waals surface area (Å²) in [7, 11) is -4.58. The van der Waals surface area contributed by atoms with Gasteiger partial charge in [0, 0.05) is 12.0 Å². The Kier molecular flexibility index (Phi) is 9.51. The summed E-state index contributed by atoms with van der Waals surface area (Å²) in [5, 5.41) is 9.17. The van der Waals surface area contributed by atoms with Gasteiger partial charge in [-0.25, -0.2) is 28.0 Å². The standard InChI is InChI=1S/C21H27F2N4O8P/c1-5-15(28)26(12-34-20(29)33-8-6-7-9-35-36(30,31)32)19-25-17-14(22)10-13(11-24)16(23)18(17)27(19)21(2,3)4/h10H,5-9,12H2,1-4H3,(H2,30,31,32). The number of aromatic nitrogens is 2. The second-order valence-corrected chi connectivity index (χ2v) is 9.76. The summed E-state index contributed by atoms with van der Waals surface area (Å²) >= 11 is 0. The van der Waals surface area contributed by atoms with E-state index >= 15 is 4.39 Å². The first-order valence-electron chi connectivity index (χ1n) is 10.8. The van der Waals surface area contributed by atoms with Gasteiger partial charge < -0.3 is 23.8 Å². The van der Waals surface area contributed by atoms with Crippen molar-refractivity contribution in [2.24, 2.45) is 0 Å². The number of fused-ring (bicyclic) bond motifs is 1. The first-order valence-corrected chi connectivity index (χ1v) is 12.3. The van der Waals surface area contributed by atoms with Crippen molar-refractivity contribution in [3.63, 3.8) is 0 Å². The zero-order valence-electron chi connectivity index (χ0n) is 20.2. The number of phosphoric acid groups is 1. The second-order valence-electron chi connectivity index (χ2n) is 8.53. The van der Waals surface area contributed by atoms with Crippen molar-refractivity contribution < 1.29 is 46.7 Å². The van der Waals surface area contributed by atoms with E-state index in [0.29, 0.717) is 6.07 Å². The predicted octanol–water partition coefficient (Wildman–Crippen LogP) is 3.68. The second kappa shape index (κ2) is 11.7. The van der Waals surface area contributed by atoms with Crippen molar-refractivity contribution >= 4 is 36.9 Å². The fourth-order valence-corrected chi connectivity index (χ4v) is 3.56. The molecule has 0 aliphatic carbocycles. The lowest BCUT2D eigenvalue weighted by atomic mass is 10.1. The van der Waals surface area contributed by atoms with Gasteiger partial charge in [0.2, 0.25) is 11.9 Å². The molecule has 0 radical (unpaired) electrons.